The van der Waals surface area contributed by atoms with Gasteiger partial charge < -0.3 is 20.1 Å². The van der Waals surface area contributed by atoms with Crippen molar-refractivity contribution in [1.29, 1.82) is 0 Å². The zero-order valence-electron chi connectivity index (χ0n) is 13.6. The molecule has 1 heterocycles. The zero-order valence-corrected chi connectivity index (χ0v) is 15.1. The van der Waals surface area contributed by atoms with Crippen LogP contribution in [-0.2, 0) is 0 Å². The average molecular weight is 406 g/mol. The summed E-state index contributed by atoms with van der Waals surface area (Å²) in [5.41, 5.74) is -0.0627. The first kappa shape index (κ1) is 20.0. The number of hydrogen-bond acceptors (Lipinski definition) is 5. The van der Waals surface area contributed by atoms with Gasteiger partial charge in [-0.05, 0) is 18.2 Å². The first-order valence-electron chi connectivity index (χ1n) is 7.37. The van der Waals surface area contributed by atoms with Crippen LogP contribution in [0.15, 0.2) is 30.5 Å². The summed E-state index contributed by atoms with van der Waals surface area (Å²) in [6.45, 7) is -2.60. The Morgan fingerprint density at radius 2 is 2.08 bits per heavy atom. The summed E-state index contributed by atoms with van der Waals surface area (Å²) >= 11 is 11.7. The largest absolute Gasteiger partial charge is 0.493 e. The van der Waals surface area contributed by atoms with Crippen LogP contribution in [0, 0.1) is 0 Å². The predicted octanol–water partition coefficient (Wildman–Crippen LogP) is 3.84. The molecule has 140 valence electrons. The minimum atomic E-state index is -3.09. The summed E-state index contributed by atoms with van der Waals surface area (Å²) in [4.78, 5) is 16.3. The van der Waals surface area contributed by atoms with Gasteiger partial charge in [-0.1, -0.05) is 29.3 Å². The highest BCUT2D eigenvalue weighted by Gasteiger charge is 2.20. The summed E-state index contributed by atoms with van der Waals surface area (Å²) in [5.74, 6) is -0.462. The molecular weight excluding hydrogens is 391 g/mol. The lowest BCUT2D eigenvalue weighted by molar-refractivity contribution is -0.0515. The van der Waals surface area contributed by atoms with E-state index in [9.17, 15) is 13.6 Å². The maximum absolute atomic E-state index is 12.6. The molecule has 1 amide bonds. The number of para-hydroxylation sites is 1. The molecular formula is C16H15Cl2F2N3O3. The van der Waals surface area contributed by atoms with Crippen LogP contribution in [0.25, 0.3) is 0 Å². The highest BCUT2D eigenvalue weighted by molar-refractivity contribution is 6.35. The maximum Gasteiger partial charge on any atom is 0.387 e. The number of aromatic nitrogens is 1. The van der Waals surface area contributed by atoms with Gasteiger partial charge in [0.05, 0.1) is 22.7 Å². The van der Waals surface area contributed by atoms with Crippen molar-refractivity contribution in [1.82, 2.24) is 10.3 Å². The Morgan fingerprint density at radius 1 is 1.31 bits per heavy atom. The van der Waals surface area contributed by atoms with Crippen molar-refractivity contribution in [3.8, 4) is 11.5 Å². The van der Waals surface area contributed by atoms with Crippen molar-refractivity contribution in [3.63, 3.8) is 0 Å². The fourth-order valence-corrected chi connectivity index (χ4v) is 2.51. The monoisotopic (exact) mass is 405 g/mol. The number of nitrogens with zero attached hydrogens (tertiary/aromatic N) is 1. The summed E-state index contributed by atoms with van der Waals surface area (Å²) in [6, 6.07) is 5.81. The lowest BCUT2D eigenvalue weighted by atomic mass is 10.1. The van der Waals surface area contributed by atoms with E-state index in [2.05, 4.69) is 20.4 Å². The third kappa shape index (κ3) is 5.34. The number of carbonyl (C=O) groups excluding carboxylic acids is 1. The molecule has 10 heteroatoms. The Morgan fingerprint density at radius 3 is 2.73 bits per heavy atom. The average Bonchev–Trinajstić information content (AvgIpc) is 2.59. The van der Waals surface area contributed by atoms with E-state index in [0.29, 0.717) is 22.4 Å². The van der Waals surface area contributed by atoms with Gasteiger partial charge in [0, 0.05) is 19.3 Å². The second-order valence-electron chi connectivity index (χ2n) is 4.88. The minimum Gasteiger partial charge on any atom is -0.493 e. The van der Waals surface area contributed by atoms with Crippen LogP contribution >= 0.6 is 23.2 Å². The number of alkyl halides is 2. The Labute approximate surface area is 158 Å². The summed E-state index contributed by atoms with van der Waals surface area (Å²) in [5, 5.41) is 6.25. The molecule has 0 aliphatic heterocycles. The molecule has 6 nitrogen and oxygen atoms in total. The van der Waals surface area contributed by atoms with E-state index < -0.39 is 12.5 Å². The number of halogens is 4. The number of methoxy groups -OCH3 is 1. The minimum absolute atomic E-state index is 0.0354. The van der Waals surface area contributed by atoms with Crippen LogP contribution in [0.5, 0.6) is 11.5 Å². The van der Waals surface area contributed by atoms with E-state index in [1.165, 1.54) is 37.6 Å². The standard InChI is InChI=1S/C16H15Cl2F2N3O3/c1-25-12-4-2-3-10(13(12)26-16(19)20)15(24)22-6-5-21-14-11(18)7-9(17)8-23-14/h2-4,7-8,16H,5-6H2,1H3,(H,21,23)(H,22,24). The highest BCUT2D eigenvalue weighted by atomic mass is 35.5. The first-order valence-corrected chi connectivity index (χ1v) is 8.13. The maximum atomic E-state index is 12.6. The molecule has 1 aromatic carbocycles. The SMILES string of the molecule is COc1cccc(C(=O)NCCNc2ncc(Cl)cc2Cl)c1OC(F)F. The quantitative estimate of drug-likeness (QED) is 0.652. The smallest absolute Gasteiger partial charge is 0.387 e. The molecule has 0 spiro atoms. The van der Waals surface area contributed by atoms with Crippen molar-refractivity contribution in [2.45, 2.75) is 6.61 Å². The number of rotatable bonds is 8. The molecule has 0 unspecified atom stereocenters. The lowest BCUT2D eigenvalue weighted by Gasteiger charge is -2.14. The first-order chi connectivity index (χ1) is 12.4. The summed E-state index contributed by atoms with van der Waals surface area (Å²) < 4.78 is 34.6. The van der Waals surface area contributed by atoms with Crippen molar-refractivity contribution < 1.29 is 23.0 Å². The van der Waals surface area contributed by atoms with Gasteiger partial charge in [0.2, 0.25) is 0 Å². The molecule has 0 saturated carbocycles. The van der Waals surface area contributed by atoms with Crippen LogP contribution in [0.1, 0.15) is 10.4 Å². The van der Waals surface area contributed by atoms with E-state index >= 15 is 0 Å². The second kappa shape index (κ2) is 9.40. The van der Waals surface area contributed by atoms with Crippen LogP contribution in [-0.4, -0.2) is 37.7 Å². The van der Waals surface area contributed by atoms with Gasteiger partial charge in [-0.15, -0.1) is 0 Å². The van der Waals surface area contributed by atoms with Gasteiger partial charge >= 0.3 is 6.61 Å². The second-order valence-corrected chi connectivity index (χ2v) is 5.73. The number of benzene rings is 1. The highest BCUT2D eigenvalue weighted by Crippen LogP contribution is 2.32. The van der Waals surface area contributed by atoms with Gasteiger partial charge in [0.25, 0.3) is 5.91 Å². The number of anilines is 1. The van der Waals surface area contributed by atoms with Crippen molar-refractivity contribution in [2.24, 2.45) is 0 Å². The zero-order chi connectivity index (χ0) is 19.1. The molecule has 1 aromatic heterocycles. The molecule has 0 aliphatic carbocycles. The Bertz CT molecular complexity index is 778. The van der Waals surface area contributed by atoms with Gasteiger partial charge in [0.15, 0.2) is 11.5 Å². The van der Waals surface area contributed by atoms with Crippen LogP contribution in [0.4, 0.5) is 14.6 Å². The number of carbonyl (C=O) groups is 1. The normalized spacial score (nSPS) is 10.5. The summed E-state index contributed by atoms with van der Waals surface area (Å²) in [6.07, 6.45) is 1.43. The van der Waals surface area contributed by atoms with Crippen LogP contribution < -0.4 is 20.1 Å². The Kier molecular flexibility index (Phi) is 7.23. The van der Waals surface area contributed by atoms with E-state index in [4.69, 9.17) is 27.9 Å². The van der Waals surface area contributed by atoms with Crippen LogP contribution in [0.2, 0.25) is 10.0 Å². The molecule has 0 bridgehead atoms. The van der Waals surface area contributed by atoms with E-state index in [-0.39, 0.29) is 23.6 Å². The van der Waals surface area contributed by atoms with Gasteiger partial charge in [-0.25, -0.2) is 4.98 Å². The number of hydrogen-bond donors (Lipinski definition) is 2. The molecule has 0 atom stereocenters. The predicted molar refractivity (Wildman–Crippen MR) is 94.7 cm³/mol. The van der Waals surface area contributed by atoms with E-state index in [1.54, 1.807) is 0 Å². The van der Waals surface area contributed by atoms with Gasteiger partial charge in [-0.3, -0.25) is 4.79 Å². The topological polar surface area (TPSA) is 72.5 Å². The number of amides is 1. The molecule has 0 aliphatic rings. The number of ether oxygens (including phenoxy) is 2. The number of nitrogens with one attached hydrogen (secondary N) is 2. The fourth-order valence-electron chi connectivity index (χ4n) is 2.06. The van der Waals surface area contributed by atoms with Crippen LogP contribution in [0.3, 0.4) is 0 Å². The van der Waals surface area contributed by atoms with Crippen molar-refractivity contribution in [3.05, 3.63) is 46.1 Å². The third-order valence-electron chi connectivity index (χ3n) is 3.16. The molecule has 2 N–H and O–H groups in total. The molecule has 0 saturated heterocycles. The van der Waals surface area contributed by atoms with E-state index in [0.717, 1.165) is 0 Å². The Balaban J connectivity index is 1.97. The Hall–Kier alpha value is -2.32. The summed E-state index contributed by atoms with van der Waals surface area (Å²) in [7, 11) is 1.29. The van der Waals surface area contributed by atoms with E-state index in [1.807, 2.05) is 0 Å². The van der Waals surface area contributed by atoms with Gasteiger partial charge in [0.1, 0.15) is 5.82 Å². The molecule has 0 fully saturated rings. The molecule has 2 rings (SSSR count). The van der Waals surface area contributed by atoms with Crippen molar-refractivity contribution in [2.75, 3.05) is 25.5 Å². The molecule has 26 heavy (non-hydrogen) atoms. The number of pyridine rings is 1. The molecule has 0 radical (unpaired) electrons. The molecule has 2 aromatic rings. The lowest BCUT2D eigenvalue weighted by Crippen LogP contribution is -2.29. The van der Waals surface area contributed by atoms with Gasteiger partial charge in [-0.2, -0.15) is 8.78 Å². The third-order valence-corrected chi connectivity index (χ3v) is 3.66. The fraction of sp³-hybridized carbons (Fsp3) is 0.250. The van der Waals surface area contributed by atoms with Crippen molar-refractivity contribution >= 4 is 34.9 Å².